The van der Waals surface area contributed by atoms with Gasteiger partial charge in [0.2, 0.25) is 0 Å². The van der Waals surface area contributed by atoms with Gasteiger partial charge in [0.05, 0.1) is 0 Å². The van der Waals surface area contributed by atoms with E-state index in [-0.39, 0.29) is 5.41 Å². The minimum absolute atomic E-state index is 0.286. The van der Waals surface area contributed by atoms with Gasteiger partial charge in [0.25, 0.3) is 0 Å². The van der Waals surface area contributed by atoms with Crippen molar-refractivity contribution in [2.75, 3.05) is 0 Å². The molecule has 1 aromatic rings. The summed E-state index contributed by atoms with van der Waals surface area (Å²) < 4.78 is 0. The van der Waals surface area contributed by atoms with Gasteiger partial charge in [0, 0.05) is 9.75 Å². The Labute approximate surface area is 92.4 Å². The quantitative estimate of drug-likeness (QED) is 0.625. The van der Waals surface area contributed by atoms with Gasteiger partial charge < -0.3 is 0 Å². The summed E-state index contributed by atoms with van der Waals surface area (Å²) in [5.41, 5.74) is 3.37. The van der Waals surface area contributed by atoms with Crippen LogP contribution < -0.4 is 0 Å². The predicted molar refractivity (Wildman–Crippen MR) is 66.6 cm³/mol. The minimum Gasteiger partial charge on any atom is -0.145 e. The average molecular weight is 210 g/mol. The topological polar surface area (TPSA) is 0 Å². The SMILES string of the molecule is Cc1sc(C(C)C)c(C(C)(C)C)c1C. The first-order valence-corrected chi connectivity index (χ1v) is 6.17. The van der Waals surface area contributed by atoms with Gasteiger partial charge >= 0.3 is 0 Å². The number of hydrogen-bond acceptors (Lipinski definition) is 1. The molecule has 1 heteroatoms. The summed E-state index contributed by atoms with van der Waals surface area (Å²) in [4.78, 5) is 3.06. The number of aryl methyl sites for hydroxylation is 1. The van der Waals surface area contributed by atoms with Gasteiger partial charge in [-0.3, -0.25) is 0 Å². The second-order valence-electron chi connectivity index (χ2n) is 5.43. The van der Waals surface area contributed by atoms with Crippen LogP contribution in [0.15, 0.2) is 0 Å². The van der Waals surface area contributed by atoms with Crippen LogP contribution in [0.1, 0.15) is 61.4 Å². The Bertz CT molecular complexity index is 324. The highest BCUT2D eigenvalue weighted by Gasteiger charge is 2.24. The van der Waals surface area contributed by atoms with Crippen LogP contribution in [0.5, 0.6) is 0 Å². The molecule has 0 atom stereocenters. The van der Waals surface area contributed by atoms with Crippen LogP contribution in [0, 0.1) is 13.8 Å². The van der Waals surface area contributed by atoms with Gasteiger partial charge in [0.1, 0.15) is 0 Å². The van der Waals surface area contributed by atoms with E-state index in [0.717, 1.165) is 0 Å². The molecule has 0 spiro atoms. The van der Waals surface area contributed by atoms with E-state index in [0.29, 0.717) is 5.92 Å². The third-order valence-corrected chi connectivity index (χ3v) is 4.19. The molecule has 0 bridgehead atoms. The Morgan fingerprint density at radius 2 is 1.57 bits per heavy atom. The van der Waals surface area contributed by atoms with Crippen molar-refractivity contribution >= 4 is 11.3 Å². The molecule has 0 saturated heterocycles. The third kappa shape index (κ3) is 2.03. The normalized spacial score (nSPS) is 12.6. The monoisotopic (exact) mass is 210 g/mol. The lowest BCUT2D eigenvalue weighted by atomic mass is 9.82. The van der Waals surface area contributed by atoms with E-state index >= 15 is 0 Å². The molecule has 0 aliphatic heterocycles. The fraction of sp³-hybridized carbons (Fsp3) is 0.692. The van der Waals surface area contributed by atoms with Gasteiger partial charge in [-0.1, -0.05) is 34.6 Å². The van der Waals surface area contributed by atoms with Crippen LogP contribution in [0.3, 0.4) is 0 Å². The number of thiophene rings is 1. The van der Waals surface area contributed by atoms with Gasteiger partial charge in [-0.2, -0.15) is 0 Å². The van der Waals surface area contributed by atoms with Crippen molar-refractivity contribution in [1.29, 1.82) is 0 Å². The fourth-order valence-electron chi connectivity index (χ4n) is 1.99. The molecule has 0 saturated carbocycles. The van der Waals surface area contributed by atoms with Crippen molar-refractivity contribution in [2.24, 2.45) is 0 Å². The van der Waals surface area contributed by atoms with E-state index < -0.39 is 0 Å². The molecule has 0 aromatic carbocycles. The highest BCUT2D eigenvalue weighted by atomic mass is 32.1. The largest absolute Gasteiger partial charge is 0.145 e. The van der Waals surface area contributed by atoms with Gasteiger partial charge in [-0.05, 0) is 36.3 Å². The molecular formula is C13H22S. The van der Waals surface area contributed by atoms with Crippen molar-refractivity contribution in [3.05, 3.63) is 20.9 Å². The Balaban J connectivity index is 3.38. The molecule has 0 unspecified atom stereocenters. The molecule has 0 N–H and O–H groups in total. The zero-order chi connectivity index (χ0) is 11.1. The van der Waals surface area contributed by atoms with Crippen LogP contribution in [-0.4, -0.2) is 0 Å². The van der Waals surface area contributed by atoms with E-state index in [9.17, 15) is 0 Å². The summed E-state index contributed by atoms with van der Waals surface area (Å²) in [5.74, 6) is 0.654. The van der Waals surface area contributed by atoms with E-state index in [1.807, 2.05) is 11.3 Å². The lowest BCUT2D eigenvalue weighted by molar-refractivity contribution is 0.577. The molecule has 0 nitrogen and oxygen atoms in total. The van der Waals surface area contributed by atoms with Crippen LogP contribution in [0.25, 0.3) is 0 Å². The average Bonchev–Trinajstić information content (AvgIpc) is 2.27. The molecule has 1 aromatic heterocycles. The van der Waals surface area contributed by atoms with Crippen molar-refractivity contribution in [3.8, 4) is 0 Å². The maximum Gasteiger partial charge on any atom is 0.0114 e. The molecule has 80 valence electrons. The van der Waals surface area contributed by atoms with E-state index in [2.05, 4.69) is 48.5 Å². The first-order chi connectivity index (χ1) is 6.25. The Morgan fingerprint density at radius 3 is 1.86 bits per heavy atom. The maximum absolute atomic E-state index is 2.31. The van der Waals surface area contributed by atoms with Crippen LogP contribution >= 0.6 is 11.3 Å². The first kappa shape index (κ1) is 11.8. The summed E-state index contributed by atoms with van der Waals surface area (Å²) in [6, 6.07) is 0. The lowest BCUT2D eigenvalue weighted by Crippen LogP contribution is -2.14. The van der Waals surface area contributed by atoms with Crippen LogP contribution in [0.2, 0.25) is 0 Å². The molecular weight excluding hydrogens is 188 g/mol. The second kappa shape index (κ2) is 3.69. The molecule has 1 heterocycles. The van der Waals surface area contributed by atoms with E-state index in [1.165, 1.54) is 10.4 Å². The lowest BCUT2D eigenvalue weighted by Gasteiger charge is -2.22. The minimum atomic E-state index is 0.286. The number of hydrogen-bond donors (Lipinski definition) is 0. The van der Waals surface area contributed by atoms with Crippen molar-refractivity contribution < 1.29 is 0 Å². The summed E-state index contributed by atoms with van der Waals surface area (Å²) in [6.07, 6.45) is 0. The second-order valence-corrected chi connectivity index (χ2v) is 6.68. The van der Waals surface area contributed by atoms with Crippen LogP contribution in [-0.2, 0) is 5.41 Å². The van der Waals surface area contributed by atoms with Crippen molar-refractivity contribution in [1.82, 2.24) is 0 Å². The van der Waals surface area contributed by atoms with E-state index in [4.69, 9.17) is 0 Å². The standard InChI is InChI=1S/C13H22S/c1-8(2)12-11(13(5,6)7)9(3)10(4)14-12/h8H,1-7H3. The van der Waals surface area contributed by atoms with Gasteiger partial charge in [-0.15, -0.1) is 11.3 Å². The Hall–Kier alpha value is -0.300. The molecule has 0 fully saturated rings. The fourth-order valence-corrected chi connectivity index (χ4v) is 3.37. The molecule has 0 amide bonds. The molecule has 0 radical (unpaired) electrons. The molecule has 0 aliphatic rings. The smallest absolute Gasteiger partial charge is 0.0114 e. The van der Waals surface area contributed by atoms with Crippen molar-refractivity contribution in [3.63, 3.8) is 0 Å². The first-order valence-electron chi connectivity index (χ1n) is 5.35. The zero-order valence-corrected chi connectivity index (χ0v) is 11.3. The molecule has 14 heavy (non-hydrogen) atoms. The summed E-state index contributed by atoms with van der Waals surface area (Å²) >= 11 is 1.98. The highest BCUT2D eigenvalue weighted by molar-refractivity contribution is 7.12. The third-order valence-electron chi connectivity index (χ3n) is 2.69. The maximum atomic E-state index is 2.31. The predicted octanol–water partition coefficient (Wildman–Crippen LogP) is 4.79. The Morgan fingerprint density at radius 1 is 1.07 bits per heavy atom. The number of rotatable bonds is 1. The summed E-state index contributed by atoms with van der Waals surface area (Å²) in [5, 5.41) is 0. The van der Waals surface area contributed by atoms with Crippen molar-refractivity contribution in [2.45, 2.75) is 59.8 Å². The zero-order valence-electron chi connectivity index (χ0n) is 10.5. The summed E-state index contributed by atoms with van der Waals surface area (Å²) in [7, 11) is 0. The van der Waals surface area contributed by atoms with Gasteiger partial charge in [-0.25, -0.2) is 0 Å². The highest BCUT2D eigenvalue weighted by Crippen LogP contribution is 2.39. The van der Waals surface area contributed by atoms with Gasteiger partial charge in [0.15, 0.2) is 0 Å². The Kier molecular flexibility index (Phi) is 3.10. The van der Waals surface area contributed by atoms with E-state index in [1.54, 1.807) is 10.4 Å². The summed E-state index contributed by atoms with van der Waals surface area (Å²) in [6.45, 7) is 16.0. The molecule has 1 rings (SSSR count). The molecule has 0 aliphatic carbocycles. The van der Waals surface area contributed by atoms with Crippen LogP contribution in [0.4, 0.5) is 0 Å².